The molecular weight excluding hydrogens is 206 g/mol. The van der Waals surface area contributed by atoms with Crippen LogP contribution in [0.15, 0.2) is 18.3 Å². The Morgan fingerprint density at radius 3 is 2.88 bits per heavy atom. The molecule has 0 unspecified atom stereocenters. The maximum absolute atomic E-state index is 11.5. The quantitative estimate of drug-likeness (QED) is 0.636. The number of carbonyl (C=O) groups excluding carboxylic acids is 1. The highest BCUT2D eigenvalue weighted by molar-refractivity contribution is 5.94. The van der Waals surface area contributed by atoms with Gasteiger partial charge in [-0.25, -0.2) is 4.98 Å². The summed E-state index contributed by atoms with van der Waals surface area (Å²) >= 11 is 0. The van der Waals surface area contributed by atoms with Gasteiger partial charge >= 0.3 is 0 Å². The van der Waals surface area contributed by atoms with Crippen molar-refractivity contribution in [3.05, 3.63) is 24.0 Å². The van der Waals surface area contributed by atoms with Crippen molar-refractivity contribution in [1.29, 1.82) is 0 Å². The molecule has 0 saturated heterocycles. The van der Waals surface area contributed by atoms with E-state index in [2.05, 4.69) is 15.6 Å². The van der Waals surface area contributed by atoms with Crippen LogP contribution in [0.3, 0.4) is 0 Å². The van der Waals surface area contributed by atoms with Gasteiger partial charge in [-0.05, 0) is 12.1 Å². The number of amides is 1. The fourth-order valence-corrected chi connectivity index (χ4v) is 1.19. The first-order valence-corrected chi connectivity index (χ1v) is 5.27. The van der Waals surface area contributed by atoms with E-state index in [0.717, 1.165) is 0 Å². The number of rotatable bonds is 5. The van der Waals surface area contributed by atoms with Gasteiger partial charge in [0, 0.05) is 25.3 Å². The molecule has 5 nitrogen and oxygen atoms in total. The predicted molar refractivity (Wildman–Crippen MR) is 61.4 cm³/mol. The summed E-state index contributed by atoms with van der Waals surface area (Å²) in [6.45, 7) is 5.27. The third-order valence-corrected chi connectivity index (χ3v) is 1.96. The largest absolute Gasteiger partial charge is 0.505 e. The van der Waals surface area contributed by atoms with Crippen LogP contribution in [0.2, 0.25) is 0 Å². The van der Waals surface area contributed by atoms with Gasteiger partial charge in [0.25, 0.3) is 5.91 Å². The first kappa shape index (κ1) is 12.4. The van der Waals surface area contributed by atoms with Gasteiger partial charge in [-0.3, -0.25) is 4.79 Å². The van der Waals surface area contributed by atoms with Gasteiger partial charge < -0.3 is 15.7 Å². The smallest absolute Gasteiger partial charge is 0.273 e. The second-order valence-electron chi connectivity index (χ2n) is 3.74. The number of nitrogens with zero attached hydrogens (tertiary/aromatic N) is 1. The minimum absolute atomic E-state index is 0.0621. The number of aromatic hydroxyl groups is 1. The maximum Gasteiger partial charge on any atom is 0.273 e. The Morgan fingerprint density at radius 2 is 2.25 bits per heavy atom. The third kappa shape index (κ3) is 3.86. The minimum atomic E-state index is -0.358. The van der Waals surface area contributed by atoms with Gasteiger partial charge in [0.05, 0.1) is 0 Å². The van der Waals surface area contributed by atoms with Crippen molar-refractivity contribution < 1.29 is 9.90 Å². The first-order valence-electron chi connectivity index (χ1n) is 5.27. The Hall–Kier alpha value is -1.62. The molecule has 0 aliphatic carbocycles. The normalized spacial score (nSPS) is 10.4. The van der Waals surface area contributed by atoms with E-state index >= 15 is 0 Å². The number of hydrogen-bond donors (Lipinski definition) is 3. The van der Waals surface area contributed by atoms with Crippen LogP contribution in [0.25, 0.3) is 0 Å². The van der Waals surface area contributed by atoms with Gasteiger partial charge in [-0.15, -0.1) is 0 Å². The molecule has 88 valence electrons. The molecule has 1 aromatic rings. The molecule has 5 heteroatoms. The summed E-state index contributed by atoms with van der Waals surface area (Å²) in [7, 11) is 0. The molecule has 0 aliphatic heterocycles. The van der Waals surface area contributed by atoms with E-state index in [1.165, 1.54) is 12.3 Å². The number of carbonyl (C=O) groups is 1. The average Bonchev–Trinajstić information content (AvgIpc) is 2.24. The van der Waals surface area contributed by atoms with Crippen LogP contribution in [0.4, 0.5) is 0 Å². The predicted octanol–water partition coefficient (Wildman–Crippen LogP) is 0.515. The number of aromatic nitrogens is 1. The molecule has 0 fully saturated rings. The van der Waals surface area contributed by atoms with Crippen LogP contribution < -0.4 is 10.6 Å². The summed E-state index contributed by atoms with van der Waals surface area (Å²) in [5.74, 6) is -0.458. The summed E-state index contributed by atoms with van der Waals surface area (Å²) in [6.07, 6.45) is 1.47. The van der Waals surface area contributed by atoms with E-state index in [9.17, 15) is 9.90 Å². The SMILES string of the molecule is CC(C)NCCNC(=O)c1ncccc1O. The van der Waals surface area contributed by atoms with E-state index in [4.69, 9.17) is 0 Å². The Kier molecular flexibility index (Phi) is 4.72. The van der Waals surface area contributed by atoms with E-state index in [0.29, 0.717) is 19.1 Å². The third-order valence-electron chi connectivity index (χ3n) is 1.96. The molecule has 1 aromatic heterocycles. The van der Waals surface area contributed by atoms with E-state index in [-0.39, 0.29) is 17.4 Å². The zero-order valence-corrected chi connectivity index (χ0v) is 9.53. The Labute approximate surface area is 94.9 Å². The number of hydrogen-bond acceptors (Lipinski definition) is 4. The lowest BCUT2D eigenvalue weighted by atomic mass is 10.3. The van der Waals surface area contributed by atoms with Crippen LogP contribution in [-0.4, -0.2) is 35.1 Å². The second-order valence-corrected chi connectivity index (χ2v) is 3.74. The van der Waals surface area contributed by atoms with E-state index in [1.54, 1.807) is 6.07 Å². The first-order chi connectivity index (χ1) is 7.61. The van der Waals surface area contributed by atoms with Gasteiger partial charge in [-0.1, -0.05) is 13.8 Å². The lowest BCUT2D eigenvalue weighted by Crippen LogP contribution is -2.34. The summed E-state index contributed by atoms with van der Waals surface area (Å²) in [5, 5.41) is 15.2. The molecule has 3 N–H and O–H groups in total. The molecule has 1 rings (SSSR count). The second kappa shape index (κ2) is 6.07. The highest BCUT2D eigenvalue weighted by Crippen LogP contribution is 2.11. The zero-order chi connectivity index (χ0) is 12.0. The Bertz CT molecular complexity index is 353. The summed E-state index contributed by atoms with van der Waals surface area (Å²) in [6, 6.07) is 3.40. The minimum Gasteiger partial charge on any atom is -0.505 e. The number of nitrogens with one attached hydrogen (secondary N) is 2. The van der Waals surface area contributed by atoms with Crippen molar-refractivity contribution in [3.63, 3.8) is 0 Å². The lowest BCUT2D eigenvalue weighted by Gasteiger charge is -2.09. The number of pyridine rings is 1. The van der Waals surface area contributed by atoms with Gasteiger partial charge in [-0.2, -0.15) is 0 Å². The van der Waals surface area contributed by atoms with Crippen LogP contribution in [0.1, 0.15) is 24.3 Å². The maximum atomic E-state index is 11.5. The molecule has 1 heterocycles. The molecule has 16 heavy (non-hydrogen) atoms. The van der Waals surface area contributed by atoms with E-state index in [1.807, 2.05) is 13.8 Å². The van der Waals surface area contributed by atoms with Gasteiger partial charge in [0.15, 0.2) is 5.69 Å². The highest BCUT2D eigenvalue weighted by Gasteiger charge is 2.10. The van der Waals surface area contributed by atoms with Gasteiger partial charge in [0.1, 0.15) is 5.75 Å². The van der Waals surface area contributed by atoms with Crippen molar-refractivity contribution >= 4 is 5.91 Å². The molecule has 0 spiro atoms. The fraction of sp³-hybridized carbons (Fsp3) is 0.455. The summed E-state index contributed by atoms with van der Waals surface area (Å²) < 4.78 is 0. The van der Waals surface area contributed by atoms with E-state index < -0.39 is 0 Å². The van der Waals surface area contributed by atoms with Crippen molar-refractivity contribution in [3.8, 4) is 5.75 Å². The van der Waals surface area contributed by atoms with Crippen LogP contribution in [0.5, 0.6) is 5.75 Å². The molecule has 1 amide bonds. The fourth-order valence-electron chi connectivity index (χ4n) is 1.19. The standard InChI is InChI=1S/C11H17N3O2/c1-8(2)12-6-7-14-11(16)10-9(15)4-3-5-13-10/h3-5,8,12,15H,6-7H2,1-2H3,(H,14,16). The van der Waals surface area contributed by atoms with Crippen LogP contribution in [-0.2, 0) is 0 Å². The molecule has 0 aliphatic rings. The van der Waals surface area contributed by atoms with Crippen molar-refractivity contribution in [1.82, 2.24) is 15.6 Å². The topological polar surface area (TPSA) is 74.2 Å². The molecular formula is C11H17N3O2. The monoisotopic (exact) mass is 223 g/mol. The van der Waals surface area contributed by atoms with Crippen molar-refractivity contribution in [2.75, 3.05) is 13.1 Å². The molecule has 0 atom stereocenters. The molecule has 0 saturated carbocycles. The molecule has 0 aromatic carbocycles. The van der Waals surface area contributed by atoms with Crippen LogP contribution >= 0.6 is 0 Å². The summed E-state index contributed by atoms with van der Waals surface area (Å²) in [5.41, 5.74) is 0.0621. The van der Waals surface area contributed by atoms with Crippen molar-refractivity contribution in [2.24, 2.45) is 0 Å². The highest BCUT2D eigenvalue weighted by atomic mass is 16.3. The van der Waals surface area contributed by atoms with Gasteiger partial charge in [0.2, 0.25) is 0 Å². The Morgan fingerprint density at radius 1 is 1.50 bits per heavy atom. The molecule has 0 radical (unpaired) electrons. The average molecular weight is 223 g/mol. The Balaban J connectivity index is 2.39. The summed E-state index contributed by atoms with van der Waals surface area (Å²) in [4.78, 5) is 15.4. The molecule has 0 bridgehead atoms. The van der Waals surface area contributed by atoms with Crippen molar-refractivity contribution in [2.45, 2.75) is 19.9 Å². The lowest BCUT2D eigenvalue weighted by molar-refractivity contribution is 0.0945. The zero-order valence-electron chi connectivity index (χ0n) is 9.53. The van der Waals surface area contributed by atoms with Crippen LogP contribution in [0, 0.1) is 0 Å².